The number of rotatable bonds is 3. The molecule has 2 aliphatic carbocycles. The molecule has 0 aromatic heterocycles. The highest BCUT2D eigenvalue weighted by atomic mass is 28.2. The van der Waals surface area contributed by atoms with Crippen LogP contribution in [0, 0.1) is 5.92 Å². The third-order valence-electron chi connectivity index (χ3n) is 5.00. The van der Waals surface area contributed by atoms with Crippen LogP contribution < -0.4 is 0 Å². The Morgan fingerprint density at radius 2 is 2.00 bits per heavy atom. The van der Waals surface area contributed by atoms with E-state index in [2.05, 4.69) is 0 Å². The maximum atomic E-state index is 6.35. The van der Waals surface area contributed by atoms with Crippen LogP contribution in [0.15, 0.2) is 0 Å². The van der Waals surface area contributed by atoms with E-state index in [1.165, 1.54) is 51.4 Å². The average Bonchev–Trinajstić information content (AvgIpc) is 2.88. The molecule has 2 saturated carbocycles. The minimum Gasteiger partial charge on any atom is -0.401 e. The Labute approximate surface area is 104 Å². The van der Waals surface area contributed by atoms with Crippen LogP contribution in [0.1, 0.15) is 51.4 Å². The largest absolute Gasteiger partial charge is 0.401 e. The fourth-order valence-electron chi connectivity index (χ4n) is 3.84. The van der Waals surface area contributed by atoms with Crippen molar-refractivity contribution in [2.24, 2.45) is 5.92 Å². The van der Waals surface area contributed by atoms with Crippen molar-refractivity contribution < 1.29 is 9.16 Å². The van der Waals surface area contributed by atoms with E-state index in [0.29, 0.717) is 5.04 Å². The van der Waals surface area contributed by atoms with Crippen molar-refractivity contribution in [3.8, 4) is 0 Å². The van der Waals surface area contributed by atoms with Crippen molar-refractivity contribution in [3.05, 3.63) is 0 Å². The Hall–Kier alpha value is 0.354. The summed E-state index contributed by atoms with van der Waals surface area (Å²) in [6, 6.07) is 0. The molecule has 1 aliphatic heterocycles. The molecule has 0 N–H and O–H groups in total. The van der Waals surface area contributed by atoms with E-state index in [-0.39, 0.29) is 15.2 Å². The van der Waals surface area contributed by atoms with Gasteiger partial charge in [0.1, 0.15) is 5.41 Å². The van der Waals surface area contributed by atoms with Gasteiger partial charge in [0.15, 0.2) is 9.76 Å². The van der Waals surface area contributed by atoms with Crippen LogP contribution >= 0.6 is 0 Å². The smallest absolute Gasteiger partial charge is 0.171 e. The molecule has 3 fully saturated rings. The van der Waals surface area contributed by atoms with Crippen LogP contribution in [-0.4, -0.2) is 32.0 Å². The van der Waals surface area contributed by atoms with Crippen LogP contribution in [0.4, 0.5) is 0 Å². The van der Waals surface area contributed by atoms with Crippen LogP contribution in [0.2, 0.25) is 5.04 Å². The predicted octanol–water partition coefficient (Wildman–Crippen LogP) is 1.06. The van der Waals surface area contributed by atoms with Crippen LogP contribution in [0.25, 0.3) is 0 Å². The number of hydrogen-bond acceptors (Lipinski definition) is 2. The Morgan fingerprint density at radius 3 is 2.56 bits per heavy atom. The normalized spacial score (nSPS) is 48.4. The van der Waals surface area contributed by atoms with Crippen molar-refractivity contribution >= 4 is 20.0 Å². The maximum Gasteiger partial charge on any atom is 0.171 e. The highest BCUT2D eigenvalue weighted by Crippen LogP contribution is 2.59. The van der Waals surface area contributed by atoms with Gasteiger partial charge in [-0.2, -0.15) is 0 Å². The minimum atomic E-state index is -0.369. The lowest BCUT2D eigenvalue weighted by Crippen LogP contribution is -2.42. The molecular weight excluding hydrogens is 232 g/mol. The lowest BCUT2D eigenvalue weighted by molar-refractivity contribution is -0.145. The maximum absolute atomic E-state index is 6.35. The predicted molar refractivity (Wildman–Crippen MR) is 71.4 cm³/mol. The first-order valence-corrected chi connectivity index (χ1v) is 9.26. The van der Waals surface area contributed by atoms with E-state index >= 15 is 0 Å². The molecule has 3 rings (SSSR count). The van der Waals surface area contributed by atoms with Crippen LogP contribution in [0.3, 0.4) is 0 Å². The lowest BCUT2D eigenvalue weighted by Gasteiger charge is -2.38. The number of hydrogen-bond donors (Lipinski definition) is 0. The van der Waals surface area contributed by atoms with E-state index < -0.39 is 0 Å². The Bertz CT molecular complexity index is 256. The molecule has 16 heavy (non-hydrogen) atoms. The summed E-state index contributed by atoms with van der Waals surface area (Å²) in [5, 5.41) is 0.697. The molecule has 1 heterocycles. The Morgan fingerprint density at radius 1 is 1.19 bits per heavy atom. The van der Waals surface area contributed by atoms with E-state index in [1.807, 2.05) is 0 Å². The molecule has 2 nitrogen and oxygen atoms in total. The van der Waals surface area contributed by atoms with Gasteiger partial charge in [-0.1, -0.05) is 12.8 Å². The molecule has 3 aliphatic rings. The van der Waals surface area contributed by atoms with Gasteiger partial charge in [-0.15, -0.1) is 0 Å². The van der Waals surface area contributed by atoms with Gasteiger partial charge in [-0.25, -0.2) is 0 Å². The molecule has 2 bridgehead atoms. The van der Waals surface area contributed by atoms with Gasteiger partial charge in [0.05, 0.1) is 10.2 Å². The minimum absolute atomic E-state index is 0.0695. The quantitative estimate of drug-likeness (QED) is 0.703. The number of fused-ring (bicyclic) bond motifs is 2. The summed E-state index contributed by atoms with van der Waals surface area (Å²) in [4.78, 5) is 0. The van der Waals surface area contributed by atoms with E-state index in [0.717, 1.165) is 22.8 Å². The van der Waals surface area contributed by atoms with Gasteiger partial charge < -0.3 is 9.16 Å². The summed E-state index contributed by atoms with van der Waals surface area (Å²) in [7, 11) is 0.686. The standard InChI is InChI=1S/C12H24O2Si2/c15-12(5-1-2-8-13-12)14-16-11-6-3-10(9-11)4-7-11/h10H,1-9,16H2,15H3. The molecule has 4 heteroatoms. The van der Waals surface area contributed by atoms with Crippen molar-refractivity contribution in [1.82, 2.24) is 0 Å². The number of ether oxygens (including phenoxy) is 1. The zero-order valence-electron chi connectivity index (χ0n) is 10.5. The Balaban J connectivity index is 1.55. The topological polar surface area (TPSA) is 18.5 Å². The highest BCUT2D eigenvalue weighted by Gasteiger charge is 2.46. The zero-order chi connectivity index (χ0) is 11.1. The molecule has 1 unspecified atom stereocenters. The first-order valence-electron chi connectivity index (χ1n) is 6.98. The van der Waals surface area contributed by atoms with Gasteiger partial charge in [-0.05, 0) is 49.5 Å². The molecular formula is C12H24O2Si2. The van der Waals surface area contributed by atoms with Gasteiger partial charge in [0.2, 0.25) is 0 Å². The molecule has 0 spiro atoms. The van der Waals surface area contributed by atoms with Crippen LogP contribution in [0.5, 0.6) is 0 Å². The molecule has 92 valence electrons. The molecule has 1 saturated heterocycles. The molecule has 0 amide bonds. The summed E-state index contributed by atoms with van der Waals surface area (Å²) < 4.78 is 12.3. The van der Waals surface area contributed by atoms with Crippen LogP contribution in [-0.2, 0) is 9.16 Å². The highest BCUT2D eigenvalue weighted by molar-refractivity contribution is 6.34. The van der Waals surface area contributed by atoms with E-state index in [4.69, 9.17) is 9.16 Å². The van der Waals surface area contributed by atoms with Gasteiger partial charge in [0, 0.05) is 6.61 Å². The third kappa shape index (κ3) is 2.17. The summed E-state index contributed by atoms with van der Waals surface area (Å²) in [5.74, 6) is 1.06. The SMILES string of the molecule is [SiH3]C1(O[SiH2]C23CCC(CC2)C3)CCCCO1. The third-order valence-corrected chi connectivity index (χ3v) is 9.02. The van der Waals surface area contributed by atoms with Crippen molar-refractivity contribution in [1.29, 1.82) is 0 Å². The first-order chi connectivity index (χ1) is 7.70. The molecule has 0 aromatic carbocycles. The second-order valence-electron chi connectivity index (χ2n) is 6.38. The average molecular weight is 256 g/mol. The van der Waals surface area contributed by atoms with E-state index in [1.54, 1.807) is 0 Å². The van der Waals surface area contributed by atoms with E-state index in [9.17, 15) is 0 Å². The first kappa shape index (κ1) is 11.4. The van der Waals surface area contributed by atoms with Crippen molar-refractivity contribution in [2.45, 2.75) is 61.8 Å². The second kappa shape index (κ2) is 4.23. The summed E-state index contributed by atoms with van der Waals surface area (Å²) >= 11 is 0. The van der Waals surface area contributed by atoms with Gasteiger partial charge in [-0.3, -0.25) is 0 Å². The van der Waals surface area contributed by atoms with Crippen molar-refractivity contribution in [2.75, 3.05) is 6.61 Å². The lowest BCUT2D eigenvalue weighted by atomic mass is 10.0. The Kier molecular flexibility index (Phi) is 3.02. The van der Waals surface area contributed by atoms with Crippen molar-refractivity contribution in [3.63, 3.8) is 0 Å². The summed E-state index contributed by atoms with van der Waals surface area (Å²) in [6.07, 6.45) is 11.2. The zero-order valence-corrected chi connectivity index (χ0v) is 13.9. The molecule has 0 radical (unpaired) electrons. The molecule has 1 atom stereocenters. The fourth-order valence-corrected chi connectivity index (χ4v) is 6.89. The second-order valence-corrected chi connectivity index (χ2v) is 9.98. The van der Waals surface area contributed by atoms with Gasteiger partial charge >= 0.3 is 0 Å². The summed E-state index contributed by atoms with van der Waals surface area (Å²) in [6.45, 7) is 0.938. The fraction of sp³-hybridized carbons (Fsp3) is 1.00. The summed E-state index contributed by atoms with van der Waals surface area (Å²) in [5.41, 5.74) is -0.0695. The monoisotopic (exact) mass is 256 g/mol. The van der Waals surface area contributed by atoms with Gasteiger partial charge in [0.25, 0.3) is 0 Å². The molecule has 0 aromatic rings.